The van der Waals surface area contributed by atoms with Crippen LogP contribution in [0.3, 0.4) is 0 Å². The third-order valence-corrected chi connectivity index (χ3v) is 6.46. The molecule has 0 aliphatic carbocycles. The van der Waals surface area contributed by atoms with Crippen molar-refractivity contribution in [3.05, 3.63) is 34.3 Å². The Morgan fingerprint density at radius 1 is 1.24 bits per heavy atom. The summed E-state index contributed by atoms with van der Waals surface area (Å²) >= 11 is 12.0. The Morgan fingerprint density at radius 2 is 1.94 bits per heavy atom. The minimum atomic E-state index is -4.71. The fourth-order valence-electron chi connectivity index (χ4n) is 4.12. The van der Waals surface area contributed by atoms with Gasteiger partial charge in [-0.1, -0.05) is 23.2 Å². The molecule has 3 amide bonds. The number of anilines is 2. The number of aromatic nitrogens is 5. The van der Waals surface area contributed by atoms with Crippen molar-refractivity contribution in [1.82, 2.24) is 29.3 Å². The largest absolute Gasteiger partial charge is 0.465 e. The van der Waals surface area contributed by atoms with Gasteiger partial charge in [-0.05, 0) is 6.92 Å². The summed E-state index contributed by atoms with van der Waals surface area (Å²) in [4.78, 5) is 30.1. The van der Waals surface area contributed by atoms with Crippen molar-refractivity contribution in [2.45, 2.75) is 24.6 Å². The second-order valence-corrected chi connectivity index (χ2v) is 8.99. The highest BCUT2D eigenvalue weighted by atomic mass is 35.5. The molecule has 16 heteroatoms. The number of rotatable bonds is 2. The molecular weight excluding hydrogens is 504 g/mol. The van der Waals surface area contributed by atoms with E-state index < -0.39 is 30.3 Å². The standard InChI is InChI=1S/C18H15Cl2F3N8O3/c1-17(18(21,22)23)7-29(9-4-24-13-2-10(19)26-31(13)14(9)17)15(32)25-12-3-11(20)30(27-12)8-5-28(6-8)16(33)34/h2-4,8H,5-7H2,1H3,(H,33,34)(H,25,27,32)/t17-/m1/s1. The van der Waals surface area contributed by atoms with Crippen LogP contribution in [0.15, 0.2) is 18.3 Å². The van der Waals surface area contributed by atoms with Crippen molar-refractivity contribution in [2.24, 2.45) is 0 Å². The van der Waals surface area contributed by atoms with Crippen LogP contribution in [0, 0.1) is 0 Å². The van der Waals surface area contributed by atoms with E-state index in [4.69, 9.17) is 28.3 Å². The van der Waals surface area contributed by atoms with Crippen molar-refractivity contribution in [2.75, 3.05) is 29.9 Å². The Kier molecular flexibility index (Phi) is 4.88. The third kappa shape index (κ3) is 3.31. The Morgan fingerprint density at radius 3 is 2.59 bits per heavy atom. The van der Waals surface area contributed by atoms with Gasteiger partial charge in [0.05, 0.1) is 23.6 Å². The first-order valence-electron chi connectivity index (χ1n) is 9.82. The summed E-state index contributed by atoms with van der Waals surface area (Å²) in [6, 6.07) is 1.45. The molecule has 3 aromatic rings. The predicted octanol–water partition coefficient (Wildman–Crippen LogP) is 3.64. The fraction of sp³-hybridized carbons (Fsp3) is 0.389. The van der Waals surface area contributed by atoms with Gasteiger partial charge < -0.3 is 10.0 Å². The molecule has 0 unspecified atom stereocenters. The lowest BCUT2D eigenvalue weighted by molar-refractivity contribution is -0.181. The second-order valence-electron chi connectivity index (χ2n) is 8.21. The first-order valence-corrected chi connectivity index (χ1v) is 10.6. The summed E-state index contributed by atoms with van der Waals surface area (Å²) in [5, 5.41) is 19.6. The number of fused-ring (bicyclic) bond motifs is 3. The van der Waals surface area contributed by atoms with Crippen LogP contribution in [0.5, 0.6) is 0 Å². The molecule has 0 bridgehead atoms. The normalized spacial score (nSPS) is 20.5. The smallest absolute Gasteiger partial charge is 0.407 e. The van der Waals surface area contributed by atoms with E-state index in [1.165, 1.54) is 23.0 Å². The van der Waals surface area contributed by atoms with Crippen LogP contribution in [-0.2, 0) is 5.41 Å². The van der Waals surface area contributed by atoms with E-state index in [0.29, 0.717) is 0 Å². The van der Waals surface area contributed by atoms with Gasteiger partial charge in [0.15, 0.2) is 16.6 Å². The number of nitrogens with one attached hydrogen (secondary N) is 1. The Hall–Kier alpha value is -3.26. The number of urea groups is 1. The number of hydrogen-bond donors (Lipinski definition) is 2. The van der Waals surface area contributed by atoms with E-state index in [2.05, 4.69) is 20.5 Å². The molecule has 34 heavy (non-hydrogen) atoms. The molecule has 2 aliphatic heterocycles. The molecule has 1 fully saturated rings. The Balaban J connectivity index is 1.44. The van der Waals surface area contributed by atoms with Gasteiger partial charge in [0.25, 0.3) is 0 Å². The highest BCUT2D eigenvalue weighted by Gasteiger charge is 2.60. The minimum Gasteiger partial charge on any atom is -0.465 e. The van der Waals surface area contributed by atoms with Gasteiger partial charge in [-0.15, -0.1) is 0 Å². The zero-order valence-corrected chi connectivity index (χ0v) is 18.7. The van der Waals surface area contributed by atoms with Gasteiger partial charge in [-0.3, -0.25) is 10.2 Å². The summed E-state index contributed by atoms with van der Waals surface area (Å²) in [5.74, 6) is 0.00195. The maximum Gasteiger partial charge on any atom is 0.407 e. The Bertz CT molecular complexity index is 1340. The fourth-order valence-corrected chi connectivity index (χ4v) is 4.58. The number of carbonyl (C=O) groups is 2. The molecule has 0 saturated carbocycles. The van der Waals surface area contributed by atoms with Gasteiger partial charge in [0.2, 0.25) is 0 Å². The monoisotopic (exact) mass is 518 g/mol. The highest BCUT2D eigenvalue weighted by molar-refractivity contribution is 6.30. The molecule has 11 nitrogen and oxygen atoms in total. The number of amides is 3. The SMILES string of the molecule is C[C@@]1(C(F)(F)F)CN(C(=O)Nc2cc(Cl)n(C3CN(C(=O)O)C3)n2)c2cnc3cc(Cl)nn3c21. The van der Waals surface area contributed by atoms with E-state index in [-0.39, 0.29) is 52.3 Å². The van der Waals surface area contributed by atoms with Crippen LogP contribution in [0.2, 0.25) is 10.3 Å². The molecule has 0 aromatic carbocycles. The maximum atomic E-state index is 14.2. The molecule has 0 radical (unpaired) electrons. The molecule has 1 atom stereocenters. The van der Waals surface area contributed by atoms with Gasteiger partial charge in [-0.2, -0.15) is 23.4 Å². The van der Waals surface area contributed by atoms with E-state index >= 15 is 0 Å². The molecule has 5 rings (SSSR count). The van der Waals surface area contributed by atoms with Crippen molar-refractivity contribution < 1.29 is 27.9 Å². The van der Waals surface area contributed by atoms with Crippen molar-refractivity contribution in [3.8, 4) is 0 Å². The average molecular weight is 519 g/mol. The number of halogens is 5. The second kappa shape index (κ2) is 7.37. The van der Waals surface area contributed by atoms with Crippen LogP contribution in [0.25, 0.3) is 5.65 Å². The number of alkyl halides is 3. The Labute approximate surface area is 198 Å². The van der Waals surface area contributed by atoms with Gasteiger partial charge in [0.1, 0.15) is 10.6 Å². The summed E-state index contributed by atoms with van der Waals surface area (Å²) in [6.45, 7) is 0.592. The van der Waals surface area contributed by atoms with Gasteiger partial charge >= 0.3 is 18.3 Å². The van der Waals surface area contributed by atoms with Crippen molar-refractivity contribution in [1.29, 1.82) is 0 Å². The number of likely N-dealkylation sites (tertiary alicyclic amines) is 1. The number of hydrogen-bond acceptors (Lipinski definition) is 5. The van der Waals surface area contributed by atoms with Crippen molar-refractivity contribution in [3.63, 3.8) is 0 Å². The minimum absolute atomic E-state index is 0.00195. The van der Waals surface area contributed by atoms with Crippen LogP contribution >= 0.6 is 23.2 Å². The van der Waals surface area contributed by atoms with E-state index in [1.54, 1.807) is 0 Å². The first kappa shape index (κ1) is 22.5. The molecule has 180 valence electrons. The first-order chi connectivity index (χ1) is 15.9. The third-order valence-electron chi connectivity index (χ3n) is 6.00. The number of carboxylic acid groups (broad SMARTS) is 1. The van der Waals surface area contributed by atoms with E-state index in [0.717, 1.165) is 21.2 Å². The lowest BCUT2D eigenvalue weighted by Crippen LogP contribution is -2.50. The molecule has 5 heterocycles. The topological polar surface area (TPSA) is 121 Å². The summed E-state index contributed by atoms with van der Waals surface area (Å²) in [7, 11) is 0. The number of carbonyl (C=O) groups excluding carboxylic acids is 1. The molecule has 1 saturated heterocycles. The zero-order valence-electron chi connectivity index (χ0n) is 17.2. The molecular formula is C18H15Cl2F3N8O3. The van der Waals surface area contributed by atoms with E-state index in [9.17, 15) is 22.8 Å². The summed E-state index contributed by atoms with van der Waals surface area (Å²) in [6.07, 6.45) is -4.62. The zero-order chi connectivity index (χ0) is 24.6. The maximum absolute atomic E-state index is 14.2. The van der Waals surface area contributed by atoms with E-state index in [1.807, 2.05) is 0 Å². The molecule has 2 N–H and O–H groups in total. The van der Waals surface area contributed by atoms with Crippen LogP contribution in [-0.4, -0.2) is 72.3 Å². The van der Waals surface area contributed by atoms with Gasteiger partial charge in [0, 0.05) is 31.8 Å². The van der Waals surface area contributed by atoms with Crippen LogP contribution in [0.4, 0.5) is 34.3 Å². The molecule has 0 spiro atoms. The van der Waals surface area contributed by atoms with Crippen LogP contribution < -0.4 is 10.2 Å². The summed E-state index contributed by atoms with van der Waals surface area (Å²) < 4.78 is 44.9. The van der Waals surface area contributed by atoms with Gasteiger partial charge in [-0.25, -0.2) is 23.8 Å². The predicted molar refractivity (Wildman–Crippen MR) is 114 cm³/mol. The number of nitrogens with zero attached hydrogens (tertiary/aromatic N) is 7. The lowest BCUT2D eigenvalue weighted by Gasteiger charge is -2.37. The molecule has 3 aromatic heterocycles. The van der Waals surface area contributed by atoms with Crippen LogP contribution in [0.1, 0.15) is 18.7 Å². The lowest BCUT2D eigenvalue weighted by atomic mass is 9.88. The quantitative estimate of drug-likeness (QED) is 0.534. The highest BCUT2D eigenvalue weighted by Crippen LogP contribution is 2.50. The average Bonchev–Trinajstić information content (AvgIpc) is 3.33. The van der Waals surface area contributed by atoms with Crippen molar-refractivity contribution >= 4 is 52.5 Å². The summed E-state index contributed by atoms with van der Waals surface area (Å²) in [5.41, 5.74) is -2.67. The molecule has 2 aliphatic rings.